The van der Waals surface area contributed by atoms with E-state index < -0.39 is 0 Å². The van der Waals surface area contributed by atoms with Crippen molar-refractivity contribution in [2.24, 2.45) is 5.92 Å². The fraction of sp³-hybridized carbons (Fsp3) is 1.00. The minimum atomic E-state index is 0.841. The third-order valence-electron chi connectivity index (χ3n) is 2.41. The number of fused-ring (bicyclic) bond motifs is 2. The highest BCUT2D eigenvalue weighted by molar-refractivity contribution is 7.99. The Labute approximate surface area is 60.6 Å². The summed E-state index contributed by atoms with van der Waals surface area (Å²) < 4.78 is 0. The van der Waals surface area contributed by atoms with Gasteiger partial charge < -0.3 is 5.32 Å². The molecule has 2 bridgehead atoms. The topological polar surface area (TPSA) is 12.0 Å². The molecular weight excluding hydrogens is 130 g/mol. The standard InChI is InChI=1S/C7H13NS/c1-5-2-6-3-9-4-7(5)8-6/h5-8H,2-4H2,1H3/t5-,6?,7?/m1/s1. The molecule has 0 aliphatic carbocycles. The number of rotatable bonds is 0. The Bertz CT molecular complexity index is 113. The molecule has 1 nitrogen and oxygen atoms in total. The van der Waals surface area contributed by atoms with E-state index in [4.69, 9.17) is 0 Å². The van der Waals surface area contributed by atoms with Gasteiger partial charge in [0.15, 0.2) is 0 Å². The van der Waals surface area contributed by atoms with Crippen LogP contribution in [-0.4, -0.2) is 23.6 Å². The van der Waals surface area contributed by atoms with Gasteiger partial charge in [-0.05, 0) is 12.3 Å². The Balaban J connectivity index is 2.07. The smallest absolute Gasteiger partial charge is 0.0187 e. The van der Waals surface area contributed by atoms with Crippen LogP contribution in [0.5, 0.6) is 0 Å². The van der Waals surface area contributed by atoms with Gasteiger partial charge in [-0.15, -0.1) is 0 Å². The zero-order valence-electron chi connectivity index (χ0n) is 5.76. The van der Waals surface area contributed by atoms with Crippen molar-refractivity contribution in [3.63, 3.8) is 0 Å². The molecule has 0 amide bonds. The Kier molecular flexibility index (Phi) is 1.46. The van der Waals surface area contributed by atoms with Gasteiger partial charge in [0.1, 0.15) is 0 Å². The summed E-state index contributed by atoms with van der Waals surface area (Å²) in [5.41, 5.74) is 0. The van der Waals surface area contributed by atoms with Crippen molar-refractivity contribution in [2.45, 2.75) is 25.4 Å². The van der Waals surface area contributed by atoms with Gasteiger partial charge in [0.25, 0.3) is 0 Å². The first-order chi connectivity index (χ1) is 4.36. The highest BCUT2D eigenvalue weighted by Crippen LogP contribution is 2.29. The molecule has 3 atom stereocenters. The average Bonchev–Trinajstić information content (AvgIpc) is 2.09. The molecule has 0 aromatic rings. The van der Waals surface area contributed by atoms with Crippen LogP contribution in [0.3, 0.4) is 0 Å². The molecule has 9 heavy (non-hydrogen) atoms. The van der Waals surface area contributed by atoms with Crippen LogP contribution in [0.1, 0.15) is 13.3 Å². The monoisotopic (exact) mass is 143 g/mol. The van der Waals surface area contributed by atoms with E-state index in [1.807, 2.05) is 0 Å². The Morgan fingerprint density at radius 2 is 2.33 bits per heavy atom. The van der Waals surface area contributed by atoms with Gasteiger partial charge >= 0.3 is 0 Å². The maximum atomic E-state index is 3.62. The van der Waals surface area contributed by atoms with E-state index in [-0.39, 0.29) is 0 Å². The van der Waals surface area contributed by atoms with E-state index in [1.165, 1.54) is 17.9 Å². The van der Waals surface area contributed by atoms with Gasteiger partial charge in [-0.1, -0.05) is 6.92 Å². The summed E-state index contributed by atoms with van der Waals surface area (Å²) in [4.78, 5) is 0. The second kappa shape index (κ2) is 2.17. The maximum Gasteiger partial charge on any atom is 0.0187 e. The molecule has 2 heteroatoms. The van der Waals surface area contributed by atoms with E-state index in [0.29, 0.717) is 0 Å². The van der Waals surface area contributed by atoms with Crippen LogP contribution in [0.25, 0.3) is 0 Å². The lowest BCUT2D eigenvalue weighted by Gasteiger charge is -2.20. The lowest BCUT2D eigenvalue weighted by Crippen LogP contribution is -2.38. The summed E-state index contributed by atoms with van der Waals surface area (Å²) in [5, 5.41) is 3.62. The molecule has 0 aromatic carbocycles. The second-order valence-corrected chi connectivity index (χ2v) is 4.30. The van der Waals surface area contributed by atoms with Gasteiger partial charge in [0.05, 0.1) is 0 Å². The quantitative estimate of drug-likeness (QED) is 0.545. The fourth-order valence-corrected chi connectivity index (χ4v) is 3.15. The predicted molar refractivity (Wildman–Crippen MR) is 41.8 cm³/mol. The summed E-state index contributed by atoms with van der Waals surface area (Å²) in [6, 6.07) is 1.69. The van der Waals surface area contributed by atoms with Crippen molar-refractivity contribution in [3.8, 4) is 0 Å². The first-order valence-corrected chi connectivity index (χ1v) is 4.85. The molecule has 2 unspecified atom stereocenters. The highest BCUT2D eigenvalue weighted by Gasteiger charge is 2.33. The van der Waals surface area contributed by atoms with E-state index in [2.05, 4.69) is 24.0 Å². The number of nitrogens with one attached hydrogen (secondary N) is 1. The predicted octanol–water partition coefficient (Wildman–Crippen LogP) is 1.10. The SMILES string of the molecule is C[C@@H]1CC2CSCC1N2. The van der Waals surface area contributed by atoms with E-state index in [1.54, 1.807) is 0 Å². The summed E-state index contributed by atoms with van der Waals surface area (Å²) in [6.45, 7) is 2.36. The van der Waals surface area contributed by atoms with Gasteiger partial charge in [0.2, 0.25) is 0 Å². The van der Waals surface area contributed by atoms with Crippen molar-refractivity contribution >= 4 is 11.8 Å². The summed E-state index contributed by atoms with van der Waals surface area (Å²) in [7, 11) is 0. The molecule has 2 saturated heterocycles. The molecule has 0 aromatic heterocycles. The zero-order valence-corrected chi connectivity index (χ0v) is 6.58. The molecule has 52 valence electrons. The summed E-state index contributed by atoms with van der Waals surface area (Å²) in [6.07, 6.45) is 1.41. The molecule has 0 saturated carbocycles. The first-order valence-electron chi connectivity index (χ1n) is 3.70. The zero-order chi connectivity index (χ0) is 6.27. The minimum Gasteiger partial charge on any atom is -0.309 e. The third-order valence-corrected chi connectivity index (χ3v) is 3.64. The van der Waals surface area contributed by atoms with Crippen molar-refractivity contribution < 1.29 is 0 Å². The number of hydrogen-bond acceptors (Lipinski definition) is 2. The lowest BCUT2D eigenvalue weighted by atomic mass is 10.0. The number of thioether (sulfide) groups is 1. The van der Waals surface area contributed by atoms with Crippen molar-refractivity contribution in [1.82, 2.24) is 5.32 Å². The van der Waals surface area contributed by atoms with Crippen LogP contribution in [-0.2, 0) is 0 Å². The Morgan fingerprint density at radius 3 is 3.00 bits per heavy atom. The molecule has 2 heterocycles. The van der Waals surface area contributed by atoms with Crippen LogP contribution in [0.2, 0.25) is 0 Å². The van der Waals surface area contributed by atoms with Crippen molar-refractivity contribution in [3.05, 3.63) is 0 Å². The van der Waals surface area contributed by atoms with Crippen molar-refractivity contribution in [1.29, 1.82) is 0 Å². The lowest BCUT2D eigenvalue weighted by molar-refractivity contribution is 0.521. The molecule has 2 aliphatic heterocycles. The first kappa shape index (κ1) is 6.05. The van der Waals surface area contributed by atoms with Crippen LogP contribution >= 0.6 is 11.8 Å². The van der Waals surface area contributed by atoms with Crippen LogP contribution in [0.15, 0.2) is 0 Å². The Morgan fingerprint density at radius 1 is 1.44 bits per heavy atom. The van der Waals surface area contributed by atoms with Crippen molar-refractivity contribution in [2.75, 3.05) is 11.5 Å². The molecule has 0 radical (unpaired) electrons. The van der Waals surface area contributed by atoms with Crippen LogP contribution < -0.4 is 5.32 Å². The van der Waals surface area contributed by atoms with Gasteiger partial charge in [-0.2, -0.15) is 11.8 Å². The molecule has 2 fully saturated rings. The van der Waals surface area contributed by atoms with E-state index >= 15 is 0 Å². The summed E-state index contributed by atoms with van der Waals surface area (Å²) in [5.74, 6) is 3.63. The molecule has 2 rings (SSSR count). The van der Waals surface area contributed by atoms with Gasteiger partial charge in [0, 0.05) is 23.6 Å². The molecular formula is C7H13NS. The van der Waals surface area contributed by atoms with E-state index in [0.717, 1.165) is 18.0 Å². The third kappa shape index (κ3) is 0.987. The molecule has 1 N–H and O–H groups in total. The average molecular weight is 143 g/mol. The largest absolute Gasteiger partial charge is 0.309 e. The molecule has 0 spiro atoms. The number of hydrogen-bond donors (Lipinski definition) is 1. The van der Waals surface area contributed by atoms with E-state index in [9.17, 15) is 0 Å². The minimum absolute atomic E-state index is 0.841. The van der Waals surface area contributed by atoms with Gasteiger partial charge in [-0.25, -0.2) is 0 Å². The molecule has 2 aliphatic rings. The normalized spacial score (nSPS) is 49.7. The Hall–Kier alpha value is 0.310. The summed E-state index contributed by atoms with van der Waals surface area (Å²) >= 11 is 2.11. The van der Waals surface area contributed by atoms with Crippen LogP contribution in [0.4, 0.5) is 0 Å². The fourth-order valence-electron chi connectivity index (χ4n) is 1.81. The highest BCUT2D eigenvalue weighted by atomic mass is 32.2. The maximum absolute atomic E-state index is 3.62. The van der Waals surface area contributed by atoms with Crippen LogP contribution in [0, 0.1) is 5.92 Å². The van der Waals surface area contributed by atoms with Gasteiger partial charge in [-0.3, -0.25) is 0 Å². The second-order valence-electron chi connectivity index (χ2n) is 3.22.